The third-order valence-corrected chi connectivity index (χ3v) is 6.66. The summed E-state index contributed by atoms with van der Waals surface area (Å²) in [4.78, 5) is 34.3. The molecule has 1 aromatic rings. The van der Waals surface area contributed by atoms with Gasteiger partial charge in [-0.15, -0.1) is 0 Å². The third-order valence-electron chi connectivity index (χ3n) is 6.66. The molecule has 2 fully saturated rings. The minimum Gasteiger partial charge on any atom is -0.356 e. The fourth-order valence-corrected chi connectivity index (χ4v) is 4.81. The zero-order valence-corrected chi connectivity index (χ0v) is 18.3. The van der Waals surface area contributed by atoms with Crippen molar-refractivity contribution in [1.82, 2.24) is 14.8 Å². The maximum atomic E-state index is 12.1. The minimum absolute atomic E-state index is 0.0239. The molecule has 6 heteroatoms. The second-order valence-electron chi connectivity index (χ2n) is 9.33. The lowest BCUT2D eigenvalue weighted by atomic mass is 9.78. The molecule has 1 aliphatic heterocycles. The van der Waals surface area contributed by atoms with Crippen LogP contribution >= 0.6 is 0 Å². The topological polar surface area (TPSA) is 56.8 Å². The van der Waals surface area contributed by atoms with Gasteiger partial charge in [0.1, 0.15) is 5.82 Å². The van der Waals surface area contributed by atoms with E-state index in [0.29, 0.717) is 11.6 Å². The third kappa shape index (κ3) is 5.49. The maximum Gasteiger partial charge on any atom is 0.254 e. The van der Waals surface area contributed by atoms with Crippen LogP contribution in [0.15, 0.2) is 18.3 Å². The summed E-state index contributed by atoms with van der Waals surface area (Å²) < 4.78 is 0. The number of aromatic nitrogens is 1. The molecule has 0 spiro atoms. The largest absolute Gasteiger partial charge is 0.356 e. The summed E-state index contributed by atoms with van der Waals surface area (Å²) in [6, 6.07) is 4.27. The summed E-state index contributed by atoms with van der Waals surface area (Å²) in [6.45, 7) is 5.12. The zero-order chi connectivity index (χ0) is 20.9. The molecule has 29 heavy (non-hydrogen) atoms. The van der Waals surface area contributed by atoms with Gasteiger partial charge in [-0.05, 0) is 49.7 Å². The van der Waals surface area contributed by atoms with Crippen LogP contribution < -0.4 is 4.90 Å². The van der Waals surface area contributed by atoms with Crippen molar-refractivity contribution in [2.24, 2.45) is 5.41 Å². The van der Waals surface area contributed by atoms with Crippen LogP contribution in [-0.2, 0) is 4.79 Å². The Morgan fingerprint density at radius 3 is 2.62 bits per heavy atom. The molecule has 2 heterocycles. The molecule has 2 aliphatic rings. The highest BCUT2D eigenvalue weighted by atomic mass is 16.2. The molecule has 1 unspecified atom stereocenters. The molecule has 6 nitrogen and oxygen atoms in total. The second-order valence-corrected chi connectivity index (χ2v) is 9.33. The van der Waals surface area contributed by atoms with Gasteiger partial charge in [0.25, 0.3) is 5.91 Å². The lowest BCUT2D eigenvalue weighted by molar-refractivity contribution is -0.121. The van der Waals surface area contributed by atoms with E-state index < -0.39 is 0 Å². The van der Waals surface area contributed by atoms with Gasteiger partial charge in [-0.2, -0.15) is 0 Å². The average Bonchev–Trinajstić information content (AvgIpc) is 2.74. The van der Waals surface area contributed by atoms with Crippen LogP contribution in [0.25, 0.3) is 0 Å². The average molecular weight is 401 g/mol. The van der Waals surface area contributed by atoms with E-state index in [-0.39, 0.29) is 11.3 Å². The molecule has 160 valence electrons. The Kier molecular flexibility index (Phi) is 7.14. The smallest absolute Gasteiger partial charge is 0.254 e. The van der Waals surface area contributed by atoms with Gasteiger partial charge in [0.2, 0.25) is 6.41 Å². The van der Waals surface area contributed by atoms with Crippen LogP contribution in [0.5, 0.6) is 0 Å². The number of rotatable bonds is 7. The monoisotopic (exact) mass is 400 g/mol. The summed E-state index contributed by atoms with van der Waals surface area (Å²) in [6.07, 6.45) is 12.2. The van der Waals surface area contributed by atoms with E-state index in [1.807, 2.05) is 12.1 Å². The number of carbonyl (C=O) groups is 2. The number of anilines is 1. The Balaban J connectivity index is 1.60. The number of pyridine rings is 1. The normalized spacial score (nSPS) is 22.9. The molecular formula is C23H36N4O2. The first-order valence-corrected chi connectivity index (χ1v) is 11.1. The van der Waals surface area contributed by atoms with Crippen molar-refractivity contribution in [3.63, 3.8) is 0 Å². The molecule has 3 rings (SSSR count). The molecule has 1 aliphatic carbocycles. The molecule has 1 saturated carbocycles. The molecule has 0 aromatic carbocycles. The standard InChI is InChI=1S/C23H36N4O2/c1-23(13-15-27(18-28)20-8-5-4-6-9-20)12-7-14-26(17-23)21-11-10-19(16-24-21)22(29)25(2)3/h10-11,16,18,20H,4-9,12-15,17H2,1-3H3. The Morgan fingerprint density at radius 2 is 2.00 bits per heavy atom. The first-order chi connectivity index (χ1) is 13.9. The number of hydrogen-bond donors (Lipinski definition) is 0. The Morgan fingerprint density at radius 1 is 1.24 bits per heavy atom. The molecule has 0 N–H and O–H groups in total. The number of piperidine rings is 1. The number of hydrogen-bond acceptors (Lipinski definition) is 4. The van der Waals surface area contributed by atoms with Gasteiger partial charge in [-0.3, -0.25) is 9.59 Å². The summed E-state index contributed by atoms with van der Waals surface area (Å²) >= 11 is 0. The molecule has 1 atom stereocenters. The predicted molar refractivity (Wildman–Crippen MR) is 116 cm³/mol. The summed E-state index contributed by atoms with van der Waals surface area (Å²) in [5.41, 5.74) is 0.793. The van der Waals surface area contributed by atoms with Crippen LogP contribution in [0.2, 0.25) is 0 Å². The lowest BCUT2D eigenvalue weighted by Crippen LogP contribution is -2.45. The van der Waals surface area contributed by atoms with Crippen molar-refractivity contribution in [2.75, 3.05) is 38.6 Å². The van der Waals surface area contributed by atoms with Gasteiger partial charge in [-0.25, -0.2) is 4.98 Å². The first kappa shape index (κ1) is 21.6. The molecule has 0 bridgehead atoms. The van der Waals surface area contributed by atoms with E-state index in [4.69, 9.17) is 0 Å². The molecule has 2 amide bonds. The summed E-state index contributed by atoms with van der Waals surface area (Å²) in [7, 11) is 3.50. The highest BCUT2D eigenvalue weighted by molar-refractivity contribution is 5.93. The highest BCUT2D eigenvalue weighted by Crippen LogP contribution is 2.35. The van der Waals surface area contributed by atoms with Gasteiger partial charge >= 0.3 is 0 Å². The first-order valence-electron chi connectivity index (χ1n) is 11.1. The van der Waals surface area contributed by atoms with Gasteiger partial charge < -0.3 is 14.7 Å². The molecular weight excluding hydrogens is 364 g/mol. The van der Waals surface area contributed by atoms with Crippen LogP contribution in [0.4, 0.5) is 5.82 Å². The minimum atomic E-state index is -0.0239. The van der Waals surface area contributed by atoms with Gasteiger partial charge in [-0.1, -0.05) is 26.2 Å². The summed E-state index contributed by atoms with van der Waals surface area (Å²) in [5, 5.41) is 0. The fourth-order valence-electron chi connectivity index (χ4n) is 4.81. The Hall–Kier alpha value is -2.11. The van der Waals surface area contributed by atoms with Crippen molar-refractivity contribution in [3.8, 4) is 0 Å². The van der Waals surface area contributed by atoms with Gasteiger partial charge in [0.15, 0.2) is 0 Å². The molecule has 1 saturated heterocycles. The highest BCUT2D eigenvalue weighted by Gasteiger charge is 2.32. The quantitative estimate of drug-likeness (QED) is 0.657. The predicted octanol–water partition coefficient (Wildman–Crippen LogP) is 3.57. The number of nitrogens with zero attached hydrogens (tertiary/aromatic N) is 4. The van der Waals surface area contributed by atoms with Crippen LogP contribution in [0, 0.1) is 5.41 Å². The van der Waals surface area contributed by atoms with Crippen LogP contribution in [-0.4, -0.2) is 66.9 Å². The Labute approximate surface area is 175 Å². The van der Waals surface area contributed by atoms with E-state index in [1.54, 1.807) is 25.2 Å². The van der Waals surface area contributed by atoms with E-state index in [0.717, 1.165) is 57.5 Å². The van der Waals surface area contributed by atoms with E-state index in [9.17, 15) is 9.59 Å². The van der Waals surface area contributed by atoms with Gasteiger partial charge in [0, 0.05) is 46.0 Å². The lowest BCUT2D eigenvalue weighted by Gasteiger charge is -2.42. The SMILES string of the molecule is CN(C)C(=O)c1ccc(N2CCCC(C)(CCN(C=O)C3CCCCC3)C2)nc1. The maximum absolute atomic E-state index is 12.1. The van der Waals surface area contributed by atoms with Crippen LogP contribution in [0.3, 0.4) is 0 Å². The zero-order valence-electron chi connectivity index (χ0n) is 18.3. The van der Waals surface area contributed by atoms with Crippen molar-refractivity contribution in [1.29, 1.82) is 0 Å². The molecule has 0 radical (unpaired) electrons. The van der Waals surface area contributed by atoms with E-state index in [2.05, 4.69) is 21.7 Å². The van der Waals surface area contributed by atoms with Gasteiger partial charge in [0.05, 0.1) is 5.56 Å². The second kappa shape index (κ2) is 9.59. The summed E-state index contributed by atoms with van der Waals surface area (Å²) in [5.74, 6) is 0.912. The van der Waals surface area contributed by atoms with Crippen molar-refractivity contribution >= 4 is 18.1 Å². The number of amides is 2. The molecule has 1 aromatic heterocycles. The van der Waals surface area contributed by atoms with Crippen LogP contribution in [0.1, 0.15) is 68.6 Å². The van der Waals surface area contributed by atoms with Crippen molar-refractivity contribution in [2.45, 2.75) is 64.3 Å². The Bertz CT molecular complexity index is 685. The van der Waals surface area contributed by atoms with E-state index in [1.165, 1.54) is 25.7 Å². The number of carbonyl (C=O) groups excluding carboxylic acids is 2. The fraction of sp³-hybridized carbons (Fsp3) is 0.696. The van der Waals surface area contributed by atoms with Crippen molar-refractivity contribution in [3.05, 3.63) is 23.9 Å². The van der Waals surface area contributed by atoms with E-state index >= 15 is 0 Å². The van der Waals surface area contributed by atoms with Crippen molar-refractivity contribution < 1.29 is 9.59 Å².